The monoisotopic (exact) mass is 240 g/mol. The first-order valence-corrected chi connectivity index (χ1v) is 6.90. The first-order valence-electron chi connectivity index (χ1n) is 6.90. The molecule has 2 aliphatic rings. The smallest absolute Gasteiger partial charge is 0.407 e. The van der Waals surface area contributed by atoms with Crippen molar-refractivity contribution in [2.75, 3.05) is 13.1 Å². The molecule has 2 rings (SSSR count). The lowest BCUT2D eigenvalue weighted by atomic mass is 9.90. The summed E-state index contributed by atoms with van der Waals surface area (Å²) in [7, 11) is 0. The zero-order valence-electron chi connectivity index (χ0n) is 10.7. The fourth-order valence-corrected chi connectivity index (χ4v) is 3.14. The summed E-state index contributed by atoms with van der Waals surface area (Å²) in [5.74, 6) is 0.432. The Hall–Kier alpha value is -0.770. The maximum atomic E-state index is 10.9. The van der Waals surface area contributed by atoms with Gasteiger partial charge < -0.3 is 15.3 Å². The maximum Gasteiger partial charge on any atom is 0.407 e. The van der Waals surface area contributed by atoms with E-state index in [-0.39, 0.29) is 0 Å². The highest BCUT2D eigenvalue weighted by Gasteiger charge is 2.29. The molecular formula is C13H24N2O2. The topological polar surface area (TPSA) is 52.6 Å². The molecule has 0 spiro atoms. The van der Waals surface area contributed by atoms with Crippen molar-refractivity contribution in [3.63, 3.8) is 0 Å². The zero-order chi connectivity index (χ0) is 12.3. The van der Waals surface area contributed by atoms with Crippen LogP contribution in [-0.2, 0) is 0 Å². The summed E-state index contributed by atoms with van der Waals surface area (Å²) in [5, 5.41) is 12.7. The van der Waals surface area contributed by atoms with Gasteiger partial charge in [0.25, 0.3) is 0 Å². The second-order valence-electron chi connectivity index (χ2n) is 5.60. The summed E-state index contributed by atoms with van der Waals surface area (Å²) in [6.45, 7) is 3.53. The molecule has 0 aromatic heterocycles. The Balaban J connectivity index is 1.80. The number of piperidine rings is 1. The van der Waals surface area contributed by atoms with E-state index in [0.717, 1.165) is 6.42 Å². The minimum absolute atomic E-state index is 0.432. The van der Waals surface area contributed by atoms with E-state index in [9.17, 15) is 4.79 Å². The molecule has 1 aliphatic heterocycles. The third-order valence-corrected chi connectivity index (χ3v) is 4.23. The van der Waals surface area contributed by atoms with Gasteiger partial charge in [0.1, 0.15) is 0 Å². The van der Waals surface area contributed by atoms with Gasteiger partial charge in [0.2, 0.25) is 0 Å². The van der Waals surface area contributed by atoms with Crippen molar-refractivity contribution in [3.8, 4) is 0 Å². The van der Waals surface area contributed by atoms with Crippen LogP contribution < -0.4 is 5.32 Å². The van der Waals surface area contributed by atoms with Crippen LogP contribution in [0, 0.1) is 5.92 Å². The molecular weight excluding hydrogens is 216 g/mol. The molecule has 4 heteroatoms. The summed E-state index contributed by atoms with van der Waals surface area (Å²) >= 11 is 0. The molecule has 0 aromatic carbocycles. The SMILES string of the molecule is C[C@@H]1CN(C(=O)O)CC[C@@H]1NC1CCCCC1. The van der Waals surface area contributed by atoms with Gasteiger partial charge in [0.05, 0.1) is 0 Å². The summed E-state index contributed by atoms with van der Waals surface area (Å²) in [6.07, 6.45) is 6.86. The molecule has 0 bridgehead atoms. The predicted octanol–water partition coefficient (Wildman–Crippen LogP) is 2.30. The van der Waals surface area contributed by atoms with Crippen molar-refractivity contribution in [2.45, 2.75) is 57.5 Å². The highest BCUT2D eigenvalue weighted by atomic mass is 16.4. The number of amides is 1. The standard InChI is InChI=1S/C13H24N2O2/c1-10-9-15(13(16)17)8-7-12(10)14-11-5-3-2-4-6-11/h10-12,14H,2-9H2,1H3,(H,16,17)/t10-,12+/m1/s1. The Morgan fingerprint density at radius 3 is 2.53 bits per heavy atom. The van der Waals surface area contributed by atoms with Crippen LogP contribution in [0.1, 0.15) is 45.4 Å². The van der Waals surface area contributed by atoms with E-state index in [1.54, 1.807) is 4.90 Å². The van der Waals surface area contributed by atoms with Gasteiger partial charge in [-0.3, -0.25) is 0 Å². The van der Waals surface area contributed by atoms with E-state index >= 15 is 0 Å². The van der Waals surface area contributed by atoms with Crippen LogP contribution in [-0.4, -0.2) is 41.3 Å². The van der Waals surface area contributed by atoms with Gasteiger partial charge in [-0.15, -0.1) is 0 Å². The van der Waals surface area contributed by atoms with Crippen LogP contribution in [0.3, 0.4) is 0 Å². The number of hydrogen-bond acceptors (Lipinski definition) is 2. The predicted molar refractivity (Wildman–Crippen MR) is 67.2 cm³/mol. The van der Waals surface area contributed by atoms with Crippen LogP contribution in [0.2, 0.25) is 0 Å². The molecule has 1 aliphatic carbocycles. The number of nitrogens with one attached hydrogen (secondary N) is 1. The quantitative estimate of drug-likeness (QED) is 0.778. The number of carbonyl (C=O) groups is 1. The molecule has 1 saturated heterocycles. The molecule has 1 heterocycles. The van der Waals surface area contributed by atoms with Crippen LogP contribution >= 0.6 is 0 Å². The van der Waals surface area contributed by atoms with E-state index in [0.29, 0.717) is 31.1 Å². The third-order valence-electron chi connectivity index (χ3n) is 4.23. The van der Waals surface area contributed by atoms with E-state index < -0.39 is 6.09 Å². The van der Waals surface area contributed by atoms with Gasteiger partial charge >= 0.3 is 6.09 Å². The number of rotatable bonds is 2. The normalized spacial score (nSPS) is 31.5. The lowest BCUT2D eigenvalue weighted by Gasteiger charge is -2.38. The van der Waals surface area contributed by atoms with Gasteiger partial charge in [0.15, 0.2) is 0 Å². The van der Waals surface area contributed by atoms with E-state index in [4.69, 9.17) is 5.11 Å². The largest absolute Gasteiger partial charge is 0.465 e. The molecule has 0 unspecified atom stereocenters. The average molecular weight is 240 g/mol. The molecule has 2 atom stereocenters. The molecule has 0 aromatic rings. The van der Waals surface area contributed by atoms with Gasteiger partial charge in [0, 0.05) is 25.2 Å². The first kappa shape index (κ1) is 12.7. The van der Waals surface area contributed by atoms with E-state index in [2.05, 4.69) is 12.2 Å². The van der Waals surface area contributed by atoms with Gasteiger partial charge in [-0.05, 0) is 25.2 Å². The lowest BCUT2D eigenvalue weighted by molar-refractivity contribution is 0.106. The molecule has 17 heavy (non-hydrogen) atoms. The molecule has 1 amide bonds. The van der Waals surface area contributed by atoms with E-state index in [1.807, 2.05) is 0 Å². The minimum atomic E-state index is -0.770. The van der Waals surface area contributed by atoms with Gasteiger partial charge in [-0.1, -0.05) is 26.2 Å². The highest BCUT2D eigenvalue weighted by Crippen LogP contribution is 2.22. The van der Waals surface area contributed by atoms with Gasteiger partial charge in [-0.25, -0.2) is 4.79 Å². The minimum Gasteiger partial charge on any atom is -0.465 e. The fraction of sp³-hybridized carbons (Fsp3) is 0.923. The third kappa shape index (κ3) is 3.35. The summed E-state index contributed by atoms with van der Waals surface area (Å²) in [5.41, 5.74) is 0. The maximum absolute atomic E-state index is 10.9. The lowest BCUT2D eigenvalue weighted by Crippen LogP contribution is -2.52. The number of carboxylic acid groups (broad SMARTS) is 1. The Bertz CT molecular complexity index is 264. The van der Waals surface area contributed by atoms with E-state index in [1.165, 1.54) is 32.1 Å². The summed E-state index contributed by atoms with van der Waals surface area (Å²) in [4.78, 5) is 12.4. The molecule has 2 N–H and O–H groups in total. The average Bonchev–Trinajstić information content (AvgIpc) is 2.33. The Morgan fingerprint density at radius 1 is 1.24 bits per heavy atom. The Morgan fingerprint density at radius 2 is 1.94 bits per heavy atom. The van der Waals surface area contributed by atoms with Crippen molar-refractivity contribution in [2.24, 2.45) is 5.92 Å². The molecule has 0 radical (unpaired) electrons. The number of nitrogens with zero attached hydrogens (tertiary/aromatic N) is 1. The molecule has 98 valence electrons. The van der Waals surface area contributed by atoms with Crippen LogP contribution in [0.4, 0.5) is 4.79 Å². The van der Waals surface area contributed by atoms with Crippen molar-refractivity contribution in [3.05, 3.63) is 0 Å². The van der Waals surface area contributed by atoms with Crippen LogP contribution in [0.25, 0.3) is 0 Å². The Labute approximate surface area is 103 Å². The fourth-order valence-electron chi connectivity index (χ4n) is 3.14. The van der Waals surface area contributed by atoms with Gasteiger partial charge in [-0.2, -0.15) is 0 Å². The highest BCUT2D eigenvalue weighted by molar-refractivity contribution is 5.65. The second kappa shape index (κ2) is 5.71. The Kier molecular flexibility index (Phi) is 4.26. The number of hydrogen-bond donors (Lipinski definition) is 2. The zero-order valence-corrected chi connectivity index (χ0v) is 10.7. The van der Waals surface area contributed by atoms with Crippen molar-refractivity contribution in [1.82, 2.24) is 10.2 Å². The van der Waals surface area contributed by atoms with Crippen LogP contribution in [0.5, 0.6) is 0 Å². The second-order valence-corrected chi connectivity index (χ2v) is 5.60. The van der Waals surface area contributed by atoms with Crippen molar-refractivity contribution >= 4 is 6.09 Å². The first-order chi connectivity index (χ1) is 8.16. The molecule has 1 saturated carbocycles. The molecule has 4 nitrogen and oxygen atoms in total. The van der Waals surface area contributed by atoms with Crippen LogP contribution in [0.15, 0.2) is 0 Å². The van der Waals surface area contributed by atoms with Crippen molar-refractivity contribution in [1.29, 1.82) is 0 Å². The van der Waals surface area contributed by atoms with Crippen molar-refractivity contribution < 1.29 is 9.90 Å². The number of likely N-dealkylation sites (tertiary alicyclic amines) is 1. The molecule has 2 fully saturated rings. The summed E-state index contributed by atoms with van der Waals surface area (Å²) < 4.78 is 0. The summed E-state index contributed by atoms with van der Waals surface area (Å²) in [6, 6.07) is 1.18.